The second-order valence-electron chi connectivity index (χ2n) is 5.22. The van der Waals surface area contributed by atoms with E-state index in [0.717, 1.165) is 16.1 Å². The predicted octanol–water partition coefficient (Wildman–Crippen LogP) is 1.86. The fourth-order valence-corrected chi connectivity index (χ4v) is 2.58. The number of hydrogen-bond donors (Lipinski definition) is 1. The Labute approximate surface area is 136 Å². The summed E-state index contributed by atoms with van der Waals surface area (Å²) in [5.74, 6) is 0.395. The molecule has 0 spiro atoms. The van der Waals surface area contributed by atoms with Gasteiger partial charge in [-0.3, -0.25) is 9.10 Å². The number of nitrogens with zero attached hydrogens (tertiary/aromatic N) is 3. The van der Waals surface area contributed by atoms with E-state index in [1.807, 2.05) is 13.8 Å². The van der Waals surface area contributed by atoms with Crippen LogP contribution in [-0.2, 0) is 16.6 Å². The van der Waals surface area contributed by atoms with E-state index in [4.69, 9.17) is 0 Å². The Kier molecular flexibility index (Phi) is 4.74. The van der Waals surface area contributed by atoms with Crippen LogP contribution >= 0.6 is 0 Å². The van der Waals surface area contributed by atoms with E-state index in [-0.39, 0.29) is 5.91 Å². The molecule has 0 bridgehead atoms. The van der Waals surface area contributed by atoms with Crippen LogP contribution in [0.3, 0.4) is 0 Å². The lowest BCUT2D eigenvalue weighted by atomic mass is 10.2. The molecule has 8 heteroatoms. The quantitative estimate of drug-likeness (QED) is 0.903. The Bertz CT molecular complexity index is 810. The maximum absolute atomic E-state index is 12.3. The molecule has 124 valence electrons. The van der Waals surface area contributed by atoms with E-state index in [9.17, 15) is 13.2 Å². The molecule has 0 aliphatic rings. The summed E-state index contributed by atoms with van der Waals surface area (Å²) >= 11 is 0. The van der Waals surface area contributed by atoms with Crippen LogP contribution in [0.4, 0.5) is 11.5 Å². The molecular weight excluding hydrogens is 316 g/mol. The van der Waals surface area contributed by atoms with Gasteiger partial charge >= 0.3 is 0 Å². The standard InChI is InChI=1S/C15H20N4O3S/c1-5-19-14(11(2)10-16-19)17-15(20)12-6-8-13(9-7-12)18(3)23(4,21)22/h6-10H,5H2,1-4H3,(H,17,20). The van der Waals surface area contributed by atoms with Crippen molar-refractivity contribution in [1.29, 1.82) is 0 Å². The molecule has 0 unspecified atom stereocenters. The summed E-state index contributed by atoms with van der Waals surface area (Å²) in [5.41, 5.74) is 1.83. The summed E-state index contributed by atoms with van der Waals surface area (Å²) in [6.45, 7) is 4.47. The number of nitrogens with one attached hydrogen (secondary N) is 1. The number of aryl methyl sites for hydroxylation is 2. The van der Waals surface area contributed by atoms with E-state index >= 15 is 0 Å². The zero-order chi connectivity index (χ0) is 17.2. The topological polar surface area (TPSA) is 84.3 Å². The molecule has 0 saturated heterocycles. The number of rotatable bonds is 5. The number of carbonyl (C=O) groups is 1. The smallest absolute Gasteiger partial charge is 0.256 e. The third-order valence-electron chi connectivity index (χ3n) is 3.54. The SMILES string of the molecule is CCn1ncc(C)c1NC(=O)c1ccc(N(C)S(C)(=O)=O)cc1. The number of sulfonamides is 1. The maximum Gasteiger partial charge on any atom is 0.256 e. The van der Waals surface area contributed by atoms with Crippen LogP contribution in [0, 0.1) is 6.92 Å². The third-order valence-corrected chi connectivity index (χ3v) is 4.75. The van der Waals surface area contributed by atoms with Gasteiger partial charge in [-0.15, -0.1) is 0 Å². The first kappa shape index (κ1) is 17.0. The van der Waals surface area contributed by atoms with Gasteiger partial charge in [0.15, 0.2) is 0 Å². The molecule has 0 aliphatic carbocycles. The summed E-state index contributed by atoms with van der Waals surface area (Å²) in [4.78, 5) is 12.3. The molecular formula is C15H20N4O3S. The zero-order valence-electron chi connectivity index (χ0n) is 13.6. The van der Waals surface area contributed by atoms with Crippen molar-refractivity contribution in [2.75, 3.05) is 22.9 Å². The Balaban J connectivity index is 2.19. The maximum atomic E-state index is 12.3. The molecule has 0 atom stereocenters. The lowest BCUT2D eigenvalue weighted by Gasteiger charge is -2.16. The highest BCUT2D eigenvalue weighted by Gasteiger charge is 2.14. The number of aromatic nitrogens is 2. The summed E-state index contributed by atoms with van der Waals surface area (Å²) in [5, 5.41) is 7.01. The summed E-state index contributed by atoms with van der Waals surface area (Å²) < 4.78 is 25.9. The second kappa shape index (κ2) is 6.41. The Morgan fingerprint density at radius 3 is 2.43 bits per heavy atom. The van der Waals surface area contributed by atoms with Gasteiger partial charge in [0.2, 0.25) is 10.0 Å². The minimum atomic E-state index is -3.32. The second-order valence-corrected chi connectivity index (χ2v) is 7.24. The first-order valence-electron chi connectivity index (χ1n) is 7.11. The van der Waals surface area contributed by atoms with Crippen LogP contribution in [0.15, 0.2) is 30.5 Å². The lowest BCUT2D eigenvalue weighted by Crippen LogP contribution is -2.24. The highest BCUT2D eigenvalue weighted by atomic mass is 32.2. The minimum absolute atomic E-state index is 0.267. The van der Waals surface area contributed by atoms with Crippen molar-refractivity contribution < 1.29 is 13.2 Å². The summed E-state index contributed by atoms with van der Waals surface area (Å²) in [6, 6.07) is 6.38. The fraction of sp³-hybridized carbons (Fsp3) is 0.333. The molecule has 2 aromatic rings. The van der Waals surface area contributed by atoms with Crippen molar-refractivity contribution in [3.63, 3.8) is 0 Å². The zero-order valence-corrected chi connectivity index (χ0v) is 14.4. The van der Waals surface area contributed by atoms with Gasteiger partial charge in [0, 0.05) is 24.7 Å². The average Bonchev–Trinajstić information content (AvgIpc) is 2.86. The van der Waals surface area contributed by atoms with Gasteiger partial charge in [-0.25, -0.2) is 13.1 Å². The predicted molar refractivity (Wildman–Crippen MR) is 90.3 cm³/mol. The van der Waals surface area contributed by atoms with Gasteiger partial charge in [0.1, 0.15) is 5.82 Å². The van der Waals surface area contributed by atoms with E-state index < -0.39 is 10.0 Å². The van der Waals surface area contributed by atoms with Gasteiger partial charge < -0.3 is 5.32 Å². The van der Waals surface area contributed by atoms with Gasteiger partial charge in [-0.1, -0.05) is 0 Å². The number of amides is 1. The molecule has 0 fully saturated rings. The van der Waals surface area contributed by atoms with E-state index in [1.165, 1.54) is 7.05 Å². The molecule has 0 saturated carbocycles. The number of carbonyl (C=O) groups excluding carboxylic acids is 1. The third kappa shape index (κ3) is 3.70. The van der Waals surface area contributed by atoms with Gasteiger partial charge in [-0.05, 0) is 38.1 Å². The lowest BCUT2D eigenvalue weighted by molar-refractivity contribution is 0.102. The minimum Gasteiger partial charge on any atom is -0.307 e. The van der Waals surface area contributed by atoms with Crippen molar-refractivity contribution in [1.82, 2.24) is 9.78 Å². The number of anilines is 2. The molecule has 7 nitrogen and oxygen atoms in total. The molecule has 1 aromatic carbocycles. The molecule has 1 amide bonds. The van der Waals surface area contributed by atoms with Crippen LogP contribution in [-0.4, -0.2) is 37.4 Å². The first-order chi connectivity index (χ1) is 10.7. The van der Waals surface area contributed by atoms with Crippen LogP contribution in [0.25, 0.3) is 0 Å². The molecule has 1 aromatic heterocycles. The van der Waals surface area contributed by atoms with Crippen molar-refractivity contribution >= 4 is 27.4 Å². The van der Waals surface area contributed by atoms with Crippen LogP contribution < -0.4 is 9.62 Å². The largest absolute Gasteiger partial charge is 0.307 e. The molecule has 1 heterocycles. The van der Waals surface area contributed by atoms with Gasteiger partial charge in [0.25, 0.3) is 5.91 Å². The summed E-state index contributed by atoms with van der Waals surface area (Å²) in [7, 11) is -1.86. The van der Waals surface area contributed by atoms with E-state index in [0.29, 0.717) is 23.6 Å². The highest BCUT2D eigenvalue weighted by molar-refractivity contribution is 7.92. The molecule has 0 aliphatic heterocycles. The van der Waals surface area contributed by atoms with Crippen molar-refractivity contribution in [3.05, 3.63) is 41.6 Å². The fourth-order valence-electron chi connectivity index (χ4n) is 2.08. The Hall–Kier alpha value is -2.35. The van der Waals surface area contributed by atoms with Crippen molar-refractivity contribution in [2.45, 2.75) is 20.4 Å². The summed E-state index contributed by atoms with van der Waals surface area (Å²) in [6.07, 6.45) is 2.82. The monoisotopic (exact) mass is 336 g/mol. The average molecular weight is 336 g/mol. The van der Waals surface area contributed by atoms with Crippen molar-refractivity contribution in [3.8, 4) is 0 Å². The van der Waals surface area contributed by atoms with Crippen molar-refractivity contribution in [2.24, 2.45) is 0 Å². The Morgan fingerprint density at radius 1 is 1.30 bits per heavy atom. The molecule has 23 heavy (non-hydrogen) atoms. The van der Waals surface area contributed by atoms with Crippen LogP contribution in [0.1, 0.15) is 22.8 Å². The van der Waals surface area contributed by atoms with Gasteiger partial charge in [-0.2, -0.15) is 5.10 Å². The number of benzene rings is 1. The van der Waals surface area contributed by atoms with E-state index in [1.54, 1.807) is 35.1 Å². The molecule has 1 N–H and O–H groups in total. The normalized spacial score (nSPS) is 11.3. The molecule has 0 radical (unpaired) electrons. The number of hydrogen-bond acceptors (Lipinski definition) is 4. The van der Waals surface area contributed by atoms with Crippen LogP contribution in [0.5, 0.6) is 0 Å². The Morgan fingerprint density at radius 2 is 1.91 bits per heavy atom. The highest BCUT2D eigenvalue weighted by Crippen LogP contribution is 2.18. The van der Waals surface area contributed by atoms with E-state index in [2.05, 4.69) is 10.4 Å². The van der Waals surface area contributed by atoms with Crippen LogP contribution in [0.2, 0.25) is 0 Å². The van der Waals surface area contributed by atoms with Gasteiger partial charge in [0.05, 0.1) is 18.1 Å². The molecule has 2 rings (SSSR count). The first-order valence-corrected chi connectivity index (χ1v) is 8.96.